The molecule has 2 nitrogen and oxygen atoms in total. The molecule has 0 saturated heterocycles. The number of benzene rings is 7. The minimum atomic E-state index is -0.0979. The summed E-state index contributed by atoms with van der Waals surface area (Å²) in [5.41, 5.74) is 15.4. The zero-order valence-corrected chi connectivity index (χ0v) is 28.2. The molecule has 1 aliphatic carbocycles. The van der Waals surface area contributed by atoms with Gasteiger partial charge in [-0.2, -0.15) is 0 Å². The van der Waals surface area contributed by atoms with Gasteiger partial charge in [-0.1, -0.05) is 147 Å². The summed E-state index contributed by atoms with van der Waals surface area (Å²) in [5, 5.41) is 2.60. The van der Waals surface area contributed by atoms with E-state index in [0.717, 1.165) is 28.3 Å². The summed E-state index contributed by atoms with van der Waals surface area (Å²) in [4.78, 5) is 7.37. The monoisotopic (exact) mass is 640 g/mol. The normalized spacial score (nSPS) is 12.8. The number of hydrogen-bond donors (Lipinski definition) is 0. The predicted molar refractivity (Wildman–Crippen MR) is 210 cm³/mol. The lowest BCUT2D eigenvalue weighted by Crippen LogP contribution is -2.15. The van der Waals surface area contributed by atoms with Gasteiger partial charge in [-0.15, -0.1) is 0 Å². The van der Waals surface area contributed by atoms with Crippen molar-refractivity contribution < 1.29 is 0 Å². The highest BCUT2D eigenvalue weighted by atomic mass is 15.1. The maximum atomic E-state index is 5.08. The maximum absolute atomic E-state index is 5.08. The van der Waals surface area contributed by atoms with E-state index in [1.165, 1.54) is 55.3 Å². The van der Waals surface area contributed by atoms with Crippen LogP contribution in [-0.4, -0.2) is 4.98 Å². The number of anilines is 3. The Balaban J connectivity index is 1.09. The second kappa shape index (κ2) is 12.0. The molecule has 0 bridgehead atoms. The van der Waals surface area contributed by atoms with Crippen LogP contribution in [0.5, 0.6) is 0 Å². The first kappa shape index (κ1) is 29.9. The van der Waals surface area contributed by atoms with Gasteiger partial charge in [0.05, 0.1) is 17.6 Å². The third-order valence-electron chi connectivity index (χ3n) is 10.3. The average Bonchev–Trinajstić information content (AvgIpc) is 3.42. The maximum Gasteiger partial charge on any atom is 0.0703 e. The van der Waals surface area contributed by atoms with E-state index in [2.05, 4.69) is 195 Å². The molecule has 0 amide bonds. The molecule has 1 aromatic heterocycles. The molecule has 0 saturated carbocycles. The van der Waals surface area contributed by atoms with Crippen LogP contribution < -0.4 is 4.90 Å². The third kappa shape index (κ3) is 5.09. The molecule has 0 atom stereocenters. The molecular formula is C48H36N2. The third-order valence-corrected chi connectivity index (χ3v) is 10.3. The second-order valence-electron chi connectivity index (χ2n) is 13.7. The van der Waals surface area contributed by atoms with Crippen LogP contribution in [0.4, 0.5) is 17.1 Å². The van der Waals surface area contributed by atoms with Crippen molar-refractivity contribution >= 4 is 27.8 Å². The minimum absolute atomic E-state index is 0.0979. The Labute approximate surface area is 294 Å². The van der Waals surface area contributed by atoms with E-state index < -0.39 is 0 Å². The van der Waals surface area contributed by atoms with Gasteiger partial charge < -0.3 is 4.90 Å². The number of hydrogen-bond acceptors (Lipinski definition) is 2. The van der Waals surface area contributed by atoms with E-state index in [0.29, 0.717) is 0 Å². The van der Waals surface area contributed by atoms with Gasteiger partial charge in [0.2, 0.25) is 0 Å². The predicted octanol–water partition coefficient (Wildman–Crippen LogP) is 13.0. The van der Waals surface area contributed by atoms with Gasteiger partial charge in [0.1, 0.15) is 0 Å². The van der Waals surface area contributed by atoms with E-state index in [1.807, 2.05) is 6.20 Å². The zero-order valence-electron chi connectivity index (χ0n) is 28.2. The van der Waals surface area contributed by atoms with Crippen LogP contribution in [0.1, 0.15) is 25.0 Å². The number of aromatic nitrogens is 1. The number of pyridine rings is 1. The highest BCUT2D eigenvalue weighted by Gasteiger charge is 2.36. The highest BCUT2D eigenvalue weighted by molar-refractivity contribution is 6.02. The van der Waals surface area contributed by atoms with Gasteiger partial charge >= 0.3 is 0 Å². The smallest absolute Gasteiger partial charge is 0.0703 e. The lowest BCUT2D eigenvalue weighted by Gasteiger charge is -2.26. The molecule has 50 heavy (non-hydrogen) atoms. The molecule has 0 spiro atoms. The van der Waals surface area contributed by atoms with Gasteiger partial charge in [0.15, 0.2) is 0 Å². The van der Waals surface area contributed by atoms with Crippen LogP contribution in [-0.2, 0) is 5.41 Å². The summed E-state index contributed by atoms with van der Waals surface area (Å²) in [6.45, 7) is 4.69. The molecule has 9 rings (SSSR count). The van der Waals surface area contributed by atoms with Gasteiger partial charge in [-0.25, -0.2) is 0 Å². The van der Waals surface area contributed by atoms with E-state index in [9.17, 15) is 0 Å². The standard InChI is InChI=1S/C48H36N2/c1-48(2)44-29-22-37-15-9-10-16-42(37)47(44)43-28-21-38(31-45(43)48)46-30-27-41(32-49-46)50(39-23-17-35(18-24-39)33-11-5-3-6-12-33)40-25-19-36(20-26-40)34-13-7-4-8-14-34/h3-32H,1-2H3. The molecule has 0 unspecified atom stereocenters. The fourth-order valence-electron chi connectivity index (χ4n) is 7.67. The summed E-state index contributed by atoms with van der Waals surface area (Å²) in [6.07, 6.45) is 2.01. The van der Waals surface area contributed by atoms with Crippen molar-refractivity contribution in [1.82, 2.24) is 4.98 Å². The molecule has 1 aliphatic rings. The van der Waals surface area contributed by atoms with Crippen molar-refractivity contribution in [2.24, 2.45) is 0 Å². The Hall–Kier alpha value is -6.25. The molecule has 0 radical (unpaired) electrons. The minimum Gasteiger partial charge on any atom is -0.309 e. The first-order chi connectivity index (χ1) is 24.5. The number of fused-ring (bicyclic) bond motifs is 5. The van der Waals surface area contributed by atoms with Crippen molar-refractivity contribution in [2.45, 2.75) is 19.3 Å². The molecule has 0 fully saturated rings. The number of rotatable bonds is 6. The molecule has 8 aromatic rings. The Morgan fingerprint density at radius 3 is 1.58 bits per heavy atom. The van der Waals surface area contributed by atoms with Crippen molar-refractivity contribution in [3.63, 3.8) is 0 Å². The van der Waals surface area contributed by atoms with Crippen LogP contribution in [0.15, 0.2) is 182 Å². The SMILES string of the molecule is CC1(C)c2cc(-c3ccc(N(c4ccc(-c5ccccc5)cc4)c4ccc(-c5ccccc5)cc4)cn3)ccc2-c2c1ccc1ccccc21. The lowest BCUT2D eigenvalue weighted by atomic mass is 9.81. The second-order valence-corrected chi connectivity index (χ2v) is 13.7. The van der Waals surface area contributed by atoms with E-state index in [-0.39, 0.29) is 5.41 Å². The summed E-state index contributed by atoms with van der Waals surface area (Å²) < 4.78 is 0. The Morgan fingerprint density at radius 2 is 0.980 bits per heavy atom. The van der Waals surface area contributed by atoms with Gasteiger partial charge in [-0.05, 0) is 97.7 Å². The van der Waals surface area contributed by atoms with Crippen molar-refractivity contribution in [1.29, 1.82) is 0 Å². The fourth-order valence-corrected chi connectivity index (χ4v) is 7.67. The fraction of sp³-hybridized carbons (Fsp3) is 0.0625. The van der Waals surface area contributed by atoms with Gasteiger partial charge in [0.25, 0.3) is 0 Å². The summed E-state index contributed by atoms with van der Waals surface area (Å²) in [5.74, 6) is 0. The molecule has 0 aliphatic heterocycles. The first-order valence-electron chi connectivity index (χ1n) is 17.3. The van der Waals surface area contributed by atoms with E-state index in [4.69, 9.17) is 4.98 Å². The molecule has 0 N–H and O–H groups in total. The average molecular weight is 641 g/mol. The molecule has 1 heterocycles. The highest BCUT2D eigenvalue weighted by Crippen LogP contribution is 2.52. The van der Waals surface area contributed by atoms with Gasteiger partial charge in [0, 0.05) is 22.4 Å². The van der Waals surface area contributed by atoms with Crippen LogP contribution in [0.2, 0.25) is 0 Å². The topological polar surface area (TPSA) is 16.1 Å². The molecule has 2 heteroatoms. The zero-order chi connectivity index (χ0) is 33.7. The van der Waals surface area contributed by atoms with Gasteiger partial charge in [-0.3, -0.25) is 4.98 Å². The molecular weight excluding hydrogens is 605 g/mol. The van der Waals surface area contributed by atoms with Crippen molar-refractivity contribution in [3.8, 4) is 44.6 Å². The largest absolute Gasteiger partial charge is 0.309 e. The van der Waals surface area contributed by atoms with Crippen LogP contribution in [0, 0.1) is 0 Å². The first-order valence-corrected chi connectivity index (χ1v) is 17.3. The van der Waals surface area contributed by atoms with E-state index in [1.54, 1.807) is 0 Å². The Bertz CT molecular complexity index is 2380. The summed E-state index contributed by atoms with van der Waals surface area (Å²) in [7, 11) is 0. The van der Waals surface area contributed by atoms with Crippen LogP contribution in [0.25, 0.3) is 55.4 Å². The van der Waals surface area contributed by atoms with Crippen molar-refractivity contribution in [2.75, 3.05) is 4.90 Å². The van der Waals surface area contributed by atoms with Crippen molar-refractivity contribution in [3.05, 3.63) is 193 Å². The molecule has 7 aromatic carbocycles. The quantitative estimate of drug-likeness (QED) is 0.180. The summed E-state index contributed by atoms with van der Waals surface area (Å²) >= 11 is 0. The van der Waals surface area contributed by atoms with E-state index >= 15 is 0 Å². The lowest BCUT2D eigenvalue weighted by molar-refractivity contribution is 0.661. The molecule has 238 valence electrons. The number of nitrogens with zero attached hydrogens (tertiary/aromatic N) is 2. The Morgan fingerprint density at radius 1 is 0.440 bits per heavy atom. The van der Waals surface area contributed by atoms with Crippen LogP contribution >= 0.6 is 0 Å². The Kier molecular flexibility index (Phi) is 7.17. The summed E-state index contributed by atoms with van der Waals surface area (Å²) in [6, 6.07) is 63.2. The van der Waals surface area contributed by atoms with Crippen LogP contribution in [0.3, 0.4) is 0 Å².